The topological polar surface area (TPSA) is 6.48 Å². The predicted molar refractivity (Wildman–Crippen MR) is 104 cm³/mol. The summed E-state index contributed by atoms with van der Waals surface area (Å²) in [4.78, 5) is 4.24. The summed E-state index contributed by atoms with van der Waals surface area (Å²) in [6.45, 7) is 9.78. The summed E-state index contributed by atoms with van der Waals surface area (Å²) in [5, 5.41) is 0. The first-order valence-corrected chi connectivity index (χ1v) is 10.5. The summed E-state index contributed by atoms with van der Waals surface area (Å²) in [7, 11) is 0. The molecule has 0 radical (unpaired) electrons. The number of hydrogen-bond acceptors (Lipinski definition) is 2. The summed E-state index contributed by atoms with van der Waals surface area (Å²) < 4.78 is 58.9. The van der Waals surface area contributed by atoms with Gasteiger partial charge < -0.3 is 4.90 Å². The Labute approximate surface area is 165 Å². The summed E-state index contributed by atoms with van der Waals surface area (Å²) in [5.41, 5.74) is 0.0556. The summed E-state index contributed by atoms with van der Waals surface area (Å²) >= 11 is 0. The minimum Gasteiger partial charge on any atom is -0.301 e. The monoisotopic (exact) mass is 400 g/mol. The molecular weight excluding hydrogens is 368 g/mol. The molecule has 0 amide bonds. The summed E-state index contributed by atoms with van der Waals surface area (Å²) in [5.74, 6) is -6.61. The van der Waals surface area contributed by atoms with Crippen LogP contribution in [0.5, 0.6) is 0 Å². The van der Waals surface area contributed by atoms with E-state index in [4.69, 9.17) is 0 Å². The number of hydrogen-bond donors (Lipinski definition) is 0. The van der Waals surface area contributed by atoms with E-state index >= 15 is 0 Å². The van der Waals surface area contributed by atoms with Crippen LogP contribution in [0.3, 0.4) is 0 Å². The van der Waals surface area contributed by atoms with Gasteiger partial charge in [0.1, 0.15) is 0 Å². The van der Waals surface area contributed by atoms with Crippen LogP contribution < -0.4 is 0 Å². The highest BCUT2D eigenvalue weighted by atomic mass is 19.3. The molecule has 28 heavy (non-hydrogen) atoms. The van der Waals surface area contributed by atoms with Crippen molar-refractivity contribution in [1.29, 1.82) is 0 Å². The van der Waals surface area contributed by atoms with Crippen LogP contribution in [0.2, 0.25) is 0 Å². The van der Waals surface area contributed by atoms with Gasteiger partial charge in [-0.25, -0.2) is 17.6 Å². The lowest BCUT2D eigenvalue weighted by Crippen LogP contribution is -2.54. The number of halogens is 4. The third-order valence-corrected chi connectivity index (χ3v) is 6.51. The molecular formula is C22H32F4N2. The maximum atomic E-state index is 15.0. The number of benzene rings is 1. The van der Waals surface area contributed by atoms with Gasteiger partial charge in [0, 0.05) is 17.6 Å². The molecule has 2 saturated heterocycles. The van der Waals surface area contributed by atoms with Crippen molar-refractivity contribution in [2.45, 2.75) is 76.8 Å². The molecule has 1 atom stereocenters. The second kappa shape index (κ2) is 8.31. The zero-order valence-electron chi connectivity index (χ0n) is 17.3. The smallest absolute Gasteiger partial charge is 0.267 e. The molecule has 2 aliphatic heterocycles. The van der Waals surface area contributed by atoms with Crippen LogP contribution in [0, 0.1) is 11.6 Å². The average Bonchev–Trinajstić information content (AvgIpc) is 2.63. The normalized spacial score (nSPS) is 25.0. The molecule has 3 rings (SSSR count). The van der Waals surface area contributed by atoms with Crippen molar-refractivity contribution in [2.75, 3.05) is 26.2 Å². The van der Waals surface area contributed by atoms with Gasteiger partial charge in [0.25, 0.3) is 5.92 Å². The first kappa shape index (κ1) is 21.6. The lowest BCUT2D eigenvalue weighted by Gasteiger charge is -2.45. The Balaban J connectivity index is 1.72. The zero-order valence-corrected chi connectivity index (χ0v) is 17.3. The van der Waals surface area contributed by atoms with Crippen molar-refractivity contribution in [2.24, 2.45) is 0 Å². The van der Waals surface area contributed by atoms with Crippen LogP contribution in [0.1, 0.15) is 69.9 Å². The van der Waals surface area contributed by atoms with Crippen LogP contribution in [0.25, 0.3) is 0 Å². The van der Waals surface area contributed by atoms with E-state index in [0.29, 0.717) is 12.6 Å². The maximum Gasteiger partial charge on any atom is 0.267 e. The van der Waals surface area contributed by atoms with Crippen molar-refractivity contribution in [3.8, 4) is 0 Å². The molecule has 6 heteroatoms. The van der Waals surface area contributed by atoms with Crippen molar-refractivity contribution in [3.63, 3.8) is 0 Å². The Morgan fingerprint density at radius 2 is 1.57 bits per heavy atom. The number of piperidine rings is 2. The minimum atomic E-state index is -3.07. The lowest BCUT2D eigenvalue weighted by molar-refractivity contribution is -0.0988. The summed E-state index contributed by atoms with van der Waals surface area (Å²) in [6.07, 6.45) is 1.91. The van der Waals surface area contributed by atoms with Crippen LogP contribution in [-0.4, -0.2) is 54.0 Å². The molecule has 2 nitrogen and oxygen atoms in total. The molecule has 1 aromatic carbocycles. The molecule has 158 valence electrons. The Morgan fingerprint density at radius 1 is 0.929 bits per heavy atom. The SMILES string of the molecule is CC(C)c1ccc([C@@H]2CCN(C3CCN(C(C)C)CC3)CC2(F)F)c(F)c1F. The lowest BCUT2D eigenvalue weighted by atomic mass is 9.83. The van der Waals surface area contributed by atoms with Crippen LogP contribution in [-0.2, 0) is 0 Å². The number of rotatable bonds is 4. The molecule has 0 aromatic heterocycles. The molecule has 2 fully saturated rings. The summed E-state index contributed by atoms with van der Waals surface area (Å²) in [6, 6.07) is 3.44. The highest BCUT2D eigenvalue weighted by Crippen LogP contribution is 2.43. The molecule has 2 aliphatic rings. The Kier molecular flexibility index (Phi) is 6.40. The van der Waals surface area contributed by atoms with Crippen LogP contribution in [0.15, 0.2) is 12.1 Å². The van der Waals surface area contributed by atoms with Crippen LogP contribution in [0.4, 0.5) is 17.6 Å². The van der Waals surface area contributed by atoms with E-state index in [9.17, 15) is 17.6 Å². The Morgan fingerprint density at radius 3 is 2.11 bits per heavy atom. The second-order valence-corrected chi connectivity index (χ2v) is 8.96. The quantitative estimate of drug-likeness (QED) is 0.626. The zero-order chi connectivity index (χ0) is 20.6. The molecule has 0 saturated carbocycles. The molecule has 1 aromatic rings. The minimum absolute atomic E-state index is 0.145. The van der Waals surface area contributed by atoms with Gasteiger partial charge in [-0.15, -0.1) is 0 Å². The Bertz CT molecular complexity index is 681. The van der Waals surface area contributed by atoms with E-state index in [0.717, 1.165) is 25.9 Å². The van der Waals surface area contributed by atoms with Crippen molar-refractivity contribution < 1.29 is 17.6 Å². The van der Waals surface area contributed by atoms with E-state index in [1.54, 1.807) is 13.8 Å². The average molecular weight is 401 g/mol. The number of alkyl halides is 2. The fourth-order valence-corrected chi connectivity index (χ4v) is 4.72. The third-order valence-electron chi connectivity index (χ3n) is 6.51. The standard InChI is InChI=1S/C22H32F4N2/c1-14(2)17-5-6-18(21(24)20(17)23)19-9-12-28(13-22(19,25)26)16-7-10-27(11-8-16)15(3)4/h5-6,14-16,19H,7-13H2,1-4H3/t19-/m0/s1. The fraction of sp³-hybridized carbons (Fsp3) is 0.727. The van der Waals surface area contributed by atoms with E-state index in [1.807, 2.05) is 4.90 Å². The first-order chi connectivity index (χ1) is 13.1. The molecule has 0 unspecified atom stereocenters. The van der Waals surface area contributed by atoms with E-state index in [1.165, 1.54) is 12.1 Å². The van der Waals surface area contributed by atoms with E-state index in [2.05, 4.69) is 18.7 Å². The van der Waals surface area contributed by atoms with Gasteiger partial charge in [-0.05, 0) is 64.2 Å². The Hall–Kier alpha value is -1.14. The van der Waals surface area contributed by atoms with Gasteiger partial charge >= 0.3 is 0 Å². The van der Waals surface area contributed by atoms with Crippen LogP contribution >= 0.6 is 0 Å². The molecule has 0 bridgehead atoms. The second-order valence-electron chi connectivity index (χ2n) is 8.96. The van der Waals surface area contributed by atoms with Crippen molar-refractivity contribution in [1.82, 2.24) is 9.80 Å². The highest BCUT2D eigenvalue weighted by Gasteiger charge is 2.48. The molecule has 0 aliphatic carbocycles. The first-order valence-electron chi connectivity index (χ1n) is 10.5. The molecule has 0 spiro atoms. The van der Waals surface area contributed by atoms with E-state index < -0.39 is 23.5 Å². The van der Waals surface area contributed by atoms with Gasteiger partial charge in [0.2, 0.25) is 0 Å². The van der Waals surface area contributed by atoms with Gasteiger partial charge in [-0.1, -0.05) is 26.0 Å². The third kappa shape index (κ3) is 4.23. The maximum absolute atomic E-state index is 15.0. The van der Waals surface area contributed by atoms with Gasteiger partial charge in [-0.2, -0.15) is 0 Å². The number of likely N-dealkylation sites (tertiary alicyclic amines) is 2. The van der Waals surface area contributed by atoms with Crippen molar-refractivity contribution in [3.05, 3.63) is 34.9 Å². The van der Waals surface area contributed by atoms with Gasteiger partial charge in [0.15, 0.2) is 11.6 Å². The van der Waals surface area contributed by atoms with E-state index in [-0.39, 0.29) is 36.1 Å². The molecule has 0 N–H and O–H groups in total. The fourth-order valence-electron chi connectivity index (χ4n) is 4.72. The highest BCUT2D eigenvalue weighted by molar-refractivity contribution is 5.32. The van der Waals surface area contributed by atoms with Gasteiger partial charge in [-0.3, -0.25) is 4.90 Å². The van der Waals surface area contributed by atoms with Gasteiger partial charge in [0.05, 0.1) is 12.5 Å². The molecule has 2 heterocycles. The van der Waals surface area contributed by atoms with Crippen molar-refractivity contribution >= 4 is 0 Å². The largest absolute Gasteiger partial charge is 0.301 e. The number of nitrogens with zero attached hydrogens (tertiary/aromatic N) is 2. The predicted octanol–water partition coefficient (Wildman–Crippen LogP) is 5.39.